The molecular formula is C11H17N7OS. The number of anilines is 1. The van der Waals surface area contributed by atoms with Gasteiger partial charge in [0.1, 0.15) is 6.54 Å². The maximum atomic E-state index is 12.0. The molecular weight excluding hydrogens is 278 g/mol. The summed E-state index contributed by atoms with van der Waals surface area (Å²) in [6, 6.07) is 0. The second kappa shape index (κ2) is 5.95. The standard InChI is InChI=1S/C11H17N7OS/c1-7(2)10-13-8(6-20-10)4-17(3)9(19)5-18-11(12)14-15-16-18/h6-7H,4-5H2,1-3H3,(H2,12,14,16). The Hall–Kier alpha value is -2.03. The van der Waals surface area contributed by atoms with E-state index in [1.165, 1.54) is 4.68 Å². The molecule has 0 unspecified atom stereocenters. The number of hydrogen-bond acceptors (Lipinski definition) is 7. The highest BCUT2D eigenvalue weighted by Gasteiger charge is 2.14. The quantitative estimate of drug-likeness (QED) is 0.861. The van der Waals surface area contributed by atoms with Gasteiger partial charge in [0.15, 0.2) is 0 Å². The number of amides is 1. The van der Waals surface area contributed by atoms with Gasteiger partial charge >= 0.3 is 0 Å². The van der Waals surface area contributed by atoms with Crippen molar-refractivity contribution in [2.75, 3.05) is 12.8 Å². The minimum Gasteiger partial charge on any atom is -0.367 e. The molecule has 0 spiro atoms. The van der Waals surface area contributed by atoms with Crippen LogP contribution >= 0.6 is 11.3 Å². The number of tetrazole rings is 1. The lowest BCUT2D eigenvalue weighted by molar-refractivity contribution is -0.131. The van der Waals surface area contributed by atoms with Crippen LogP contribution in [0.1, 0.15) is 30.5 Å². The third kappa shape index (κ3) is 3.29. The van der Waals surface area contributed by atoms with Crippen LogP contribution in [0.3, 0.4) is 0 Å². The van der Waals surface area contributed by atoms with Crippen LogP contribution in [0.4, 0.5) is 5.95 Å². The van der Waals surface area contributed by atoms with Gasteiger partial charge < -0.3 is 10.6 Å². The fraction of sp³-hybridized carbons (Fsp3) is 0.545. The smallest absolute Gasteiger partial charge is 0.244 e. The zero-order valence-electron chi connectivity index (χ0n) is 11.6. The van der Waals surface area contributed by atoms with Gasteiger partial charge in [-0.15, -0.1) is 11.3 Å². The van der Waals surface area contributed by atoms with Gasteiger partial charge in [-0.25, -0.2) is 9.67 Å². The van der Waals surface area contributed by atoms with Gasteiger partial charge in [-0.2, -0.15) is 0 Å². The lowest BCUT2D eigenvalue weighted by Crippen LogP contribution is -2.30. The fourth-order valence-corrected chi connectivity index (χ4v) is 2.39. The number of hydrogen-bond donors (Lipinski definition) is 1. The largest absolute Gasteiger partial charge is 0.367 e. The van der Waals surface area contributed by atoms with E-state index >= 15 is 0 Å². The SMILES string of the molecule is CC(C)c1nc(CN(C)C(=O)Cn2nnnc2N)cs1. The molecule has 0 aliphatic rings. The van der Waals surface area contributed by atoms with Crippen LogP contribution in [0.25, 0.3) is 0 Å². The number of likely N-dealkylation sites (N-methyl/N-ethyl adjacent to an activating group) is 1. The van der Waals surface area contributed by atoms with Crippen molar-refractivity contribution in [2.45, 2.75) is 32.9 Å². The lowest BCUT2D eigenvalue weighted by Gasteiger charge is -2.15. The van der Waals surface area contributed by atoms with E-state index in [1.54, 1.807) is 23.3 Å². The van der Waals surface area contributed by atoms with Crippen LogP contribution in [-0.2, 0) is 17.9 Å². The van der Waals surface area contributed by atoms with Crippen molar-refractivity contribution in [1.29, 1.82) is 0 Å². The van der Waals surface area contributed by atoms with Crippen LogP contribution in [0, 0.1) is 0 Å². The molecule has 2 aromatic heterocycles. The van der Waals surface area contributed by atoms with E-state index in [1.807, 2.05) is 5.38 Å². The van der Waals surface area contributed by atoms with Gasteiger partial charge in [0.05, 0.1) is 17.2 Å². The van der Waals surface area contributed by atoms with Crippen molar-refractivity contribution in [3.63, 3.8) is 0 Å². The molecule has 0 radical (unpaired) electrons. The van der Waals surface area contributed by atoms with Crippen molar-refractivity contribution >= 4 is 23.2 Å². The second-order valence-electron chi connectivity index (χ2n) is 4.78. The molecule has 2 heterocycles. The summed E-state index contributed by atoms with van der Waals surface area (Å²) in [5.41, 5.74) is 6.41. The molecule has 0 saturated heterocycles. The summed E-state index contributed by atoms with van der Waals surface area (Å²) in [5, 5.41) is 13.6. The monoisotopic (exact) mass is 295 g/mol. The molecule has 0 atom stereocenters. The van der Waals surface area contributed by atoms with Crippen LogP contribution < -0.4 is 5.73 Å². The first-order valence-electron chi connectivity index (χ1n) is 6.17. The maximum Gasteiger partial charge on any atom is 0.244 e. The van der Waals surface area contributed by atoms with Gasteiger partial charge in [-0.1, -0.05) is 18.9 Å². The summed E-state index contributed by atoms with van der Waals surface area (Å²) in [5.74, 6) is 0.404. The zero-order valence-corrected chi connectivity index (χ0v) is 12.5. The first-order chi connectivity index (χ1) is 9.47. The highest BCUT2D eigenvalue weighted by Crippen LogP contribution is 2.19. The second-order valence-corrected chi connectivity index (χ2v) is 5.67. The number of carbonyl (C=O) groups excluding carboxylic acids is 1. The van der Waals surface area contributed by atoms with Gasteiger partial charge in [0, 0.05) is 18.3 Å². The number of nitrogen functional groups attached to an aromatic ring is 1. The van der Waals surface area contributed by atoms with Crippen molar-refractivity contribution in [2.24, 2.45) is 0 Å². The molecule has 1 amide bonds. The van der Waals surface area contributed by atoms with Crippen LogP contribution in [-0.4, -0.2) is 43.0 Å². The van der Waals surface area contributed by atoms with Crippen molar-refractivity contribution < 1.29 is 4.79 Å². The van der Waals surface area contributed by atoms with Gasteiger partial charge in [0.2, 0.25) is 11.9 Å². The number of nitrogens with two attached hydrogens (primary N) is 1. The van der Waals surface area contributed by atoms with E-state index in [2.05, 4.69) is 34.4 Å². The van der Waals surface area contributed by atoms with Crippen molar-refractivity contribution in [1.82, 2.24) is 30.1 Å². The summed E-state index contributed by atoms with van der Waals surface area (Å²) in [7, 11) is 1.72. The zero-order chi connectivity index (χ0) is 14.7. The number of aromatic nitrogens is 5. The topological polar surface area (TPSA) is 103 Å². The highest BCUT2D eigenvalue weighted by molar-refractivity contribution is 7.09. The minimum absolute atomic E-state index is 0.0243. The normalized spacial score (nSPS) is 11.0. The number of thiazole rings is 1. The van der Waals surface area contributed by atoms with Crippen LogP contribution in [0.5, 0.6) is 0 Å². The molecule has 2 N–H and O–H groups in total. The molecule has 0 fully saturated rings. The molecule has 0 saturated carbocycles. The third-order valence-electron chi connectivity index (χ3n) is 2.73. The number of nitrogens with zero attached hydrogens (tertiary/aromatic N) is 6. The Bertz CT molecular complexity index is 591. The summed E-state index contributed by atoms with van der Waals surface area (Å²) >= 11 is 1.61. The van der Waals surface area contributed by atoms with Gasteiger partial charge in [-0.05, 0) is 10.4 Å². The Balaban J connectivity index is 1.95. The van der Waals surface area contributed by atoms with Gasteiger partial charge in [0.25, 0.3) is 0 Å². The molecule has 0 bridgehead atoms. The number of carbonyl (C=O) groups is 1. The highest BCUT2D eigenvalue weighted by atomic mass is 32.1. The molecule has 20 heavy (non-hydrogen) atoms. The third-order valence-corrected chi connectivity index (χ3v) is 3.93. The molecule has 8 nitrogen and oxygen atoms in total. The van der Waals surface area contributed by atoms with E-state index in [0.29, 0.717) is 12.5 Å². The average Bonchev–Trinajstić information content (AvgIpc) is 2.99. The first-order valence-corrected chi connectivity index (χ1v) is 7.05. The van der Waals surface area contributed by atoms with Crippen LogP contribution in [0.2, 0.25) is 0 Å². The molecule has 2 aromatic rings. The molecule has 2 rings (SSSR count). The predicted molar refractivity (Wildman–Crippen MR) is 74.9 cm³/mol. The maximum absolute atomic E-state index is 12.0. The Morgan fingerprint density at radius 2 is 2.30 bits per heavy atom. The lowest BCUT2D eigenvalue weighted by atomic mass is 10.2. The van der Waals surface area contributed by atoms with E-state index in [0.717, 1.165) is 10.7 Å². The number of rotatable bonds is 5. The van der Waals surface area contributed by atoms with E-state index < -0.39 is 0 Å². The summed E-state index contributed by atoms with van der Waals surface area (Å²) in [6.45, 7) is 4.68. The van der Waals surface area contributed by atoms with E-state index in [-0.39, 0.29) is 18.4 Å². The summed E-state index contributed by atoms with van der Waals surface area (Å²) < 4.78 is 1.26. The van der Waals surface area contributed by atoms with Crippen LogP contribution in [0.15, 0.2) is 5.38 Å². The summed E-state index contributed by atoms with van der Waals surface area (Å²) in [4.78, 5) is 18.1. The van der Waals surface area contributed by atoms with Gasteiger partial charge in [-0.3, -0.25) is 4.79 Å². The Morgan fingerprint density at radius 3 is 2.85 bits per heavy atom. The summed E-state index contributed by atoms with van der Waals surface area (Å²) in [6.07, 6.45) is 0. The average molecular weight is 295 g/mol. The molecule has 9 heteroatoms. The van der Waals surface area contributed by atoms with Crippen molar-refractivity contribution in [3.05, 3.63) is 16.1 Å². The Kier molecular flexibility index (Phi) is 4.28. The predicted octanol–water partition coefficient (Wildman–Crippen LogP) is 0.494. The minimum atomic E-state index is -0.122. The Morgan fingerprint density at radius 1 is 1.55 bits per heavy atom. The molecule has 0 aliphatic carbocycles. The van der Waals surface area contributed by atoms with Crippen molar-refractivity contribution in [3.8, 4) is 0 Å². The molecule has 0 aliphatic heterocycles. The van der Waals surface area contributed by atoms with E-state index in [9.17, 15) is 4.79 Å². The van der Waals surface area contributed by atoms with E-state index in [4.69, 9.17) is 5.73 Å². The first kappa shape index (κ1) is 14.4. The Labute approximate surface area is 120 Å². The molecule has 0 aromatic carbocycles. The molecule has 108 valence electrons. The fourth-order valence-electron chi connectivity index (χ4n) is 1.56.